The van der Waals surface area contributed by atoms with Gasteiger partial charge in [-0.15, -0.1) is 0 Å². The minimum atomic E-state index is 0.406. The molecule has 4 heteroatoms. The second kappa shape index (κ2) is 7.65. The summed E-state index contributed by atoms with van der Waals surface area (Å²) in [6, 6.07) is 1.99. The highest BCUT2D eigenvalue weighted by molar-refractivity contribution is 5.04. The number of nitrogens with one attached hydrogen (secondary N) is 1. The zero-order valence-electron chi connectivity index (χ0n) is 12.2. The molecular weight excluding hydrogens is 240 g/mol. The first kappa shape index (κ1) is 14.5. The largest absolute Gasteiger partial charge is 0.370 e. The maximum atomic E-state index is 5.90. The van der Waals surface area contributed by atoms with Crippen LogP contribution < -0.4 is 5.32 Å². The number of rotatable bonds is 7. The van der Waals surface area contributed by atoms with Crippen LogP contribution in [0.2, 0.25) is 0 Å². The fourth-order valence-corrected chi connectivity index (χ4v) is 2.50. The fourth-order valence-electron chi connectivity index (χ4n) is 2.50. The van der Waals surface area contributed by atoms with Crippen molar-refractivity contribution in [2.75, 3.05) is 6.54 Å². The van der Waals surface area contributed by atoms with Crippen LogP contribution in [0.3, 0.4) is 0 Å². The van der Waals surface area contributed by atoms with Crippen molar-refractivity contribution in [3.63, 3.8) is 0 Å². The first-order valence-electron chi connectivity index (χ1n) is 7.54. The minimum Gasteiger partial charge on any atom is -0.370 e. The Kier molecular flexibility index (Phi) is 5.86. The van der Waals surface area contributed by atoms with Crippen LogP contribution >= 0.6 is 0 Å². The van der Waals surface area contributed by atoms with E-state index in [2.05, 4.69) is 24.3 Å². The zero-order chi connectivity index (χ0) is 13.5. The lowest BCUT2D eigenvalue weighted by molar-refractivity contribution is -0.000644. The van der Waals surface area contributed by atoms with Crippen molar-refractivity contribution in [1.29, 1.82) is 0 Å². The minimum absolute atomic E-state index is 0.406. The lowest BCUT2D eigenvalue weighted by Gasteiger charge is -2.25. The summed E-state index contributed by atoms with van der Waals surface area (Å²) in [5.74, 6) is 1.70. The number of nitrogens with zero attached hydrogens (tertiary/aromatic N) is 1. The molecule has 108 valence electrons. The highest BCUT2D eigenvalue weighted by Gasteiger charge is 2.19. The molecule has 1 heterocycles. The molecule has 0 unspecified atom stereocenters. The van der Waals surface area contributed by atoms with Crippen molar-refractivity contribution in [3.05, 3.63) is 17.5 Å². The SMILES string of the molecule is CCCNCc1cc(COC2CCC(C)CC2)on1. The molecule has 0 spiro atoms. The van der Waals surface area contributed by atoms with E-state index in [-0.39, 0.29) is 0 Å². The van der Waals surface area contributed by atoms with Crippen molar-refractivity contribution < 1.29 is 9.26 Å². The van der Waals surface area contributed by atoms with Crippen molar-refractivity contribution in [3.8, 4) is 0 Å². The average Bonchev–Trinajstić information content (AvgIpc) is 2.86. The molecule has 0 saturated heterocycles. The van der Waals surface area contributed by atoms with Gasteiger partial charge in [0, 0.05) is 12.6 Å². The Labute approximate surface area is 115 Å². The summed E-state index contributed by atoms with van der Waals surface area (Å²) in [6.07, 6.45) is 6.47. The summed E-state index contributed by atoms with van der Waals surface area (Å²) < 4.78 is 11.2. The van der Waals surface area contributed by atoms with Crippen molar-refractivity contribution in [2.45, 2.75) is 65.2 Å². The molecule has 1 N–H and O–H groups in total. The summed E-state index contributed by atoms with van der Waals surface area (Å²) >= 11 is 0. The van der Waals surface area contributed by atoms with Gasteiger partial charge in [-0.2, -0.15) is 0 Å². The molecule has 0 atom stereocenters. The summed E-state index contributed by atoms with van der Waals surface area (Å²) in [7, 11) is 0. The highest BCUT2D eigenvalue weighted by atomic mass is 16.5. The molecule has 1 saturated carbocycles. The molecule has 0 aromatic carbocycles. The van der Waals surface area contributed by atoms with Crippen LogP contribution in [-0.2, 0) is 17.9 Å². The number of ether oxygens (including phenoxy) is 1. The van der Waals surface area contributed by atoms with Crippen LogP contribution in [0.5, 0.6) is 0 Å². The predicted molar refractivity (Wildman–Crippen MR) is 74.7 cm³/mol. The van der Waals surface area contributed by atoms with Gasteiger partial charge in [0.25, 0.3) is 0 Å². The monoisotopic (exact) mass is 266 g/mol. The van der Waals surface area contributed by atoms with Gasteiger partial charge in [-0.1, -0.05) is 19.0 Å². The van der Waals surface area contributed by atoms with Crippen LogP contribution in [0.4, 0.5) is 0 Å². The molecule has 4 nitrogen and oxygen atoms in total. The highest BCUT2D eigenvalue weighted by Crippen LogP contribution is 2.26. The van der Waals surface area contributed by atoms with E-state index in [4.69, 9.17) is 9.26 Å². The maximum Gasteiger partial charge on any atom is 0.162 e. The van der Waals surface area contributed by atoms with Crippen LogP contribution in [0.25, 0.3) is 0 Å². The van der Waals surface area contributed by atoms with Crippen LogP contribution in [0, 0.1) is 5.92 Å². The lowest BCUT2D eigenvalue weighted by Crippen LogP contribution is -2.20. The molecule has 2 rings (SSSR count). The third-order valence-corrected chi connectivity index (χ3v) is 3.76. The first-order chi connectivity index (χ1) is 9.28. The standard InChI is InChI=1S/C15H26N2O2/c1-3-8-16-10-13-9-15(19-17-13)11-18-14-6-4-12(2)5-7-14/h9,12,14,16H,3-8,10-11H2,1-2H3. The maximum absolute atomic E-state index is 5.90. The Morgan fingerprint density at radius 3 is 2.89 bits per heavy atom. The van der Waals surface area contributed by atoms with Gasteiger partial charge in [-0.05, 0) is 44.6 Å². The van der Waals surface area contributed by atoms with Crippen molar-refractivity contribution in [1.82, 2.24) is 10.5 Å². The summed E-state index contributed by atoms with van der Waals surface area (Å²) in [5.41, 5.74) is 0.962. The molecule has 1 aliphatic carbocycles. The fraction of sp³-hybridized carbons (Fsp3) is 0.800. The van der Waals surface area contributed by atoms with E-state index in [1.54, 1.807) is 0 Å². The Hall–Kier alpha value is -0.870. The summed E-state index contributed by atoms with van der Waals surface area (Å²) in [5, 5.41) is 7.36. The molecule has 0 aliphatic heterocycles. The van der Waals surface area contributed by atoms with Gasteiger partial charge in [0.15, 0.2) is 5.76 Å². The van der Waals surface area contributed by atoms with E-state index in [0.29, 0.717) is 12.7 Å². The van der Waals surface area contributed by atoms with Gasteiger partial charge < -0.3 is 14.6 Å². The molecule has 0 bridgehead atoms. The van der Waals surface area contributed by atoms with Crippen molar-refractivity contribution >= 4 is 0 Å². The molecule has 1 aliphatic rings. The van der Waals surface area contributed by atoms with Gasteiger partial charge >= 0.3 is 0 Å². The molecule has 1 aromatic heterocycles. The topological polar surface area (TPSA) is 47.3 Å². The molecule has 1 aromatic rings. The van der Waals surface area contributed by atoms with Crippen molar-refractivity contribution in [2.24, 2.45) is 5.92 Å². The molecular formula is C15H26N2O2. The van der Waals surface area contributed by atoms with Gasteiger partial charge in [0.05, 0.1) is 11.8 Å². The second-order valence-corrected chi connectivity index (χ2v) is 5.65. The van der Waals surface area contributed by atoms with Gasteiger partial charge in [-0.25, -0.2) is 0 Å². The van der Waals surface area contributed by atoms with E-state index in [1.807, 2.05) is 6.07 Å². The Morgan fingerprint density at radius 2 is 2.16 bits per heavy atom. The van der Waals surface area contributed by atoms with Gasteiger partial charge in [-0.3, -0.25) is 0 Å². The third kappa shape index (κ3) is 4.96. The van der Waals surface area contributed by atoms with E-state index >= 15 is 0 Å². The Balaban J connectivity index is 1.68. The third-order valence-electron chi connectivity index (χ3n) is 3.76. The van der Waals surface area contributed by atoms with Crippen LogP contribution in [0.15, 0.2) is 10.6 Å². The first-order valence-corrected chi connectivity index (χ1v) is 7.54. The van der Waals surface area contributed by atoms with Gasteiger partial charge in [0.2, 0.25) is 0 Å². The van der Waals surface area contributed by atoms with E-state index < -0.39 is 0 Å². The van der Waals surface area contributed by atoms with Gasteiger partial charge in [0.1, 0.15) is 6.61 Å². The molecule has 1 fully saturated rings. The summed E-state index contributed by atoms with van der Waals surface area (Å²) in [6.45, 7) is 6.82. The number of hydrogen-bond donors (Lipinski definition) is 1. The summed E-state index contributed by atoms with van der Waals surface area (Å²) in [4.78, 5) is 0. The number of hydrogen-bond acceptors (Lipinski definition) is 4. The van der Waals surface area contributed by atoms with E-state index in [9.17, 15) is 0 Å². The second-order valence-electron chi connectivity index (χ2n) is 5.65. The number of aromatic nitrogens is 1. The van der Waals surface area contributed by atoms with E-state index in [1.165, 1.54) is 25.7 Å². The Morgan fingerprint density at radius 1 is 1.37 bits per heavy atom. The van der Waals surface area contributed by atoms with Crippen LogP contribution in [-0.4, -0.2) is 17.8 Å². The zero-order valence-corrected chi connectivity index (χ0v) is 12.2. The quantitative estimate of drug-likeness (QED) is 0.769. The normalized spacial score (nSPS) is 23.7. The molecule has 19 heavy (non-hydrogen) atoms. The molecule has 0 radical (unpaired) electrons. The van der Waals surface area contributed by atoms with E-state index in [0.717, 1.165) is 36.9 Å². The predicted octanol–water partition coefficient (Wildman–Crippen LogP) is 3.27. The smallest absolute Gasteiger partial charge is 0.162 e. The Bertz CT molecular complexity index is 357. The average molecular weight is 266 g/mol. The molecule has 0 amide bonds. The van der Waals surface area contributed by atoms with Crippen LogP contribution in [0.1, 0.15) is 57.4 Å². The lowest BCUT2D eigenvalue weighted by atomic mass is 9.89.